The Bertz CT molecular complexity index is 1380. The highest BCUT2D eigenvalue weighted by Crippen LogP contribution is 2.30. The number of anilines is 3. The highest BCUT2D eigenvalue weighted by atomic mass is 16.1. The van der Waals surface area contributed by atoms with Crippen molar-refractivity contribution in [1.29, 1.82) is 0 Å². The van der Waals surface area contributed by atoms with Gasteiger partial charge in [0.1, 0.15) is 11.6 Å². The van der Waals surface area contributed by atoms with Crippen LogP contribution in [0.15, 0.2) is 77.6 Å². The SMILES string of the molecule is Cc1cc2c(c(N3CCN(CCN(C)C)CC3)n1)c(=O)cc(Nc1ccccc1)n2-c1ccccc1. The Hall–Kier alpha value is -3.68. The van der Waals surface area contributed by atoms with Crippen LogP contribution in [0.1, 0.15) is 5.69 Å². The van der Waals surface area contributed by atoms with E-state index in [1.165, 1.54) is 0 Å². The molecule has 1 saturated heterocycles. The molecule has 186 valence electrons. The molecule has 1 aliphatic rings. The van der Waals surface area contributed by atoms with E-state index in [0.717, 1.165) is 73.5 Å². The summed E-state index contributed by atoms with van der Waals surface area (Å²) in [7, 11) is 4.22. The fourth-order valence-electron chi connectivity index (χ4n) is 4.81. The van der Waals surface area contributed by atoms with Crippen LogP contribution in [-0.4, -0.2) is 72.7 Å². The number of fused-ring (bicyclic) bond motifs is 1. The van der Waals surface area contributed by atoms with E-state index in [-0.39, 0.29) is 5.43 Å². The van der Waals surface area contributed by atoms with Crippen molar-refractivity contribution in [2.75, 3.05) is 63.6 Å². The molecule has 0 aliphatic carbocycles. The molecule has 1 aliphatic heterocycles. The molecule has 1 N–H and O–H groups in total. The number of piperazine rings is 1. The average Bonchev–Trinajstić information content (AvgIpc) is 2.88. The molecule has 0 amide bonds. The van der Waals surface area contributed by atoms with Crippen LogP contribution in [0.4, 0.5) is 17.3 Å². The zero-order chi connectivity index (χ0) is 25.1. The van der Waals surface area contributed by atoms with Crippen molar-refractivity contribution >= 4 is 28.2 Å². The van der Waals surface area contributed by atoms with E-state index < -0.39 is 0 Å². The second kappa shape index (κ2) is 10.5. The van der Waals surface area contributed by atoms with Gasteiger partial charge in [-0.2, -0.15) is 0 Å². The maximum Gasteiger partial charge on any atom is 0.195 e. The first-order chi connectivity index (χ1) is 17.5. The number of aromatic nitrogens is 2. The minimum absolute atomic E-state index is 0.0202. The van der Waals surface area contributed by atoms with Crippen LogP contribution in [0, 0.1) is 6.92 Å². The molecule has 7 heteroatoms. The molecule has 7 nitrogen and oxygen atoms in total. The summed E-state index contributed by atoms with van der Waals surface area (Å²) in [5.74, 6) is 1.52. The first-order valence-corrected chi connectivity index (χ1v) is 12.6. The van der Waals surface area contributed by atoms with Crippen LogP contribution in [0.5, 0.6) is 0 Å². The Labute approximate surface area is 212 Å². The van der Waals surface area contributed by atoms with Gasteiger partial charge in [0.25, 0.3) is 0 Å². The fraction of sp³-hybridized carbons (Fsp3) is 0.310. The lowest BCUT2D eigenvalue weighted by Gasteiger charge is -2.36. The van der Waals surface area contributed by atoms with Gasteiger partial charge in [0.2, 0.25) is 0 Å². The van der Waals surface area contributed by atoms with Crippen molar-refractivity contribution in [2.24, 2.45) is 0 Å². The summed E-state index contributed by atoms with van der Waals surface area (Å²) >= 11 is 0. The summed E-state index contributed by atoms with van der Waals surface area (Å²) in [6, 6.07) is 23.9. The van der Waals surface area contributed by atoms with Crippen LogP contribution in [0.2, 0.25) is 0 Å². The third kappa shape index (κ3) is 5.12. The Morgan fingerprint density at radius 1 is 0.917 bits per heavy atom. The number of likely N-dealkylation sites (N-methyl/N-ethyl adjacent to an activating group) is 1. The Kier molecular flexibility index (Phi) is 7.02. The van der Waals surface area contributed by atoms with Crippen molar-refractivity contribution in [3.05, 3.63) is 88.7 Å². The van der Waals surface area contributed by atoms with Crippen molar-refractivity contribution < 1.29 is 0 Å². The van der Waals surface area contributed by atoms with E-state index in [9.17, 15) is 4.79 Å². The van der Waals surface area contributed by atoms with Gasteiger partial charge in [0.05, 0.1) is 10.9 Å². The van der Waals surface area contributed by atoms with E-state index in [4.69, 9.17) is 4.98 Å². The van der Waals surface area contributed by atoms with Crippen LogP contribution in [0.3, 0.4) is 0 Å². The number of hydrogen-bond acceptors (Lipinski definition) is 6. The normalized spacial score (nSPS) is 14.5. The van der Waals surface area contributed by atoms with E-state index >= 15 is 0 Å². The van der Waals surface area contributed by atoms with Crippen LogP contribution >= 0.6 is 0 Å². The summed E-state index contributed by atoms with van der Waals surface area (Å²) in [5, 5.41) is 4.14. The van der Waals surface area contributed by atoms with Gasteiger partial charge in [-0.25, -0.2) is 4.98 Å². The van der Waals surface area contributed by atoms with Crippen LogP contribution in [-0.2, 0) is 0 Å². The zero-order valence-electron chi connectivity index (χ0n) is 21.3. The molecule has 0 bridgehead atoms. The van der Waals surface area contributed by atoms with Gasteiger partial charge >= 0.3 is 0 Å². The monoisotopic (exact) mass is 482 g/mol. The largest absolute Gasteiger partial charge is 0.353 e. The molecule has 4 aromatic rings. The van der Waals surface area contributed by atoms with Crippen molar-refractivity contribution in [2.45, 2.75) is 6.92 Å². The number of rotatable bonds is 7. The molecule has 0 unspecified atom stereocenters. The molecule has 0 atom stereocenters. The van der Waals surface area contributed by atoms with Gasteiger partial charge < -0.3 is 15.1 Å². The number of para-hydroxylation sites is 2. The first kappa shape index (κ1) is 24.0. The summed E-state index contributed by atoms with van der Waals surface area (Å²) < 4.78 is 2.13. The molecule has 0 spiro atoms. The second-order valence-electron chi connectivity index (χ2n) is 9.67. The van der Waals surface area contributed by atoms with E-state index in [0.29, 0.717) is 5.39 Å². The van der Waals surface area contributed by atoms with Crippen molar-refractivity contribution in [3.8, 4) is 5.69 Å². The third-order valence-electron chi connectivity index (χ3n) is 6.70. The zero-order valence-corrected chi connectivity index (χ0v) is 21.3. The smallest absolute Gasteiger partial charge is 0.195 e. The van der Waals surface area contributed by atoms with Gasteiger partial charge in [-0.1, -0.05) is 36.4 Å². The molecule has 3 heterocycles. The topological polar surface area (TPSA) is 56.6 Å². The number of nitrogens with one attached hydrogen (secondary N) is 1. The fourth-order valence-corrected chi connectivity index (χ4v) is 4.81. The standard InChI is InChI=1S/C29H34N6O/c1-22-20-25-28(29(30-22)34-18-16-33(17-19-34)15-14-32(2)3)26(36)21-27(31-23-10-6-4-7-11-23)35(25)24-12-8-5-9-13-24/h4-13,20-21,31H,14-19H2,1-3H3. The maximum absolute atomic E-state index is 13.7. The lowest BCUT2D eigenvalue weighted by atomic mass is 10.1. The maximum atomic E-state index is 13.7. The molecule has 2 aromatic carbocycles. The number of pyridine rings is 2. The first-order valence-electron chi connectivity index (χ1n) is 12.6. The van der Waals surface area contributed by atoms with E-state index in [1.54, 1.807) is 6.07 Å². The average molecular weight is 483 g/mol. The van der Waals surface area contributed by atoms with Crippen molar-refractivity contribution in [1.82, 2.24) is 19.4 Å². The summed E-state index contributed by atoms with van der Waals surface area (Å²) in [4.78, 5) is 25.5. The predicted molar refractivity (Wildman–Crippen MR) is 149 cm³/mol. The van der Waals surface area contributed by atoms with E-state index in [2.05, 4.69) is 50.8 Å². The van der Waals surface area contributed by atoms with Gasteiger partial charge in [-0.3, -0.25) is 14.3 Å². The molecule has 5 rings (SSSR count). The van der Waals surface area contributed by atoms with Crippen LogP contribution in [0.25, 0.3) is 16.6 Å². The number of hydrogen-bond donors (Lipinski definition) is 1. The Morgan fingerprint density at radius 2 is 1.58 bits per heavy atom. The molecular formula is C29H34N6O. The quantitative estimate of drug-likeness (QED) is 0.428. The van der Waals surface area contributed by atoms with Gasteiger partial charge in [0.15, 0.2) is 5.43 Å². The minimum Gasteiger partial charge on any atom is -0.353 e. The minimum atomic E-state index is -0.0202. The molecule has 0 radical (unpaired) electrons. The summed E-state index contributed by atoms with van der Waals surface area (Å²) in [6.45, 7) is 7.74. The lowest BCUT2D eigenvalue weighted by molar-refractivity contribution is 0.229. The van der Waals surface area contributed by atoms with Gasteiger partial charge in [0, 0.05) is 62.4 Å². The van der Waals surface area contributed by atoms with Crippen molar-refractivity contribution in [3.63, 3.8) is 0 Å². The molecule has 36 heavy (non-hydrogen) atoms. The third-order valence-corrected chi connectivity index (χ3v) is 6.70. The number of benzene rings is 2. The Balaban J connectivity index is 1.60. The highest BCUT2D eigenvalue weighted by Gasteiger charge is 2.23. The summed E-state index contributed by atoms with van der Waals surface area (Å²) in [6.07, 6.45) is 0. The van der Waals surface area contributed by atoms with E-state index in [1.807, 2.05) is 61.5 Å². The molecule has 0 saturated carbocycles. The highest BCUT2D eigenvalue weighted by molar-refractivity contribution is 5.93. The van der Waals surface area contributed by atoms with Crippen LogP contribution < -0.4 is 15.6 Å². The predicted octanol–water partition coefficient (Wildman–Crippen LogP) is 4.12. The molecular weight excluding hydrogens is 448 g/mol. The Morgan fingerprint density at radius 3 is 2.25 bits per heavy atom. The molecule has 2 aromatic heterocycles. The van der Waals surface area contributed by atoms with Gasteiger partial charge in [-0.05, 0) is 51.4 Å². The number of aryl methyl sites for hydroxylation is 1. The molecule has 1 fully saturated rings. The van der Waals surface area contributed by atoms with Gasteiger partial charge in [-0.15, -0.1) is 0 Å². The number of nitrogens with zero attached hydrogens (tertiary/aromatic N) is 5. The lowest BCUT2D eigenvalue weighted by Crippen LogP contribution is -2.48. The second-order valence-corrected chi connectivity index (χ2v) is 9.67. The summed E-state index contributed by atoms with van der Waals surface area (Å²) in [5.41, 5.74) is 3.66.